The van der Waals surface area contributed by atoms with Crippen LogP contribution in [0.25, 0.3) is 0 Å². The summed E-state index contributed by atoms with van der Waals surface area (Å²) in [5.41, 5.74) is 0.985. The Labute approximate surface area is 165 Å². The van der Waals surface area contributed by atoms with Crippen LogP contribution in [0.5, 0.6) is 0 Å². The third-order valence-electron chi connectivity index (χ3n) is 4.64. The van der Waals surface area contributed by atoms with Crippen LogP contribution in [-0.2, 0) is 4.84 Å². The van der Waals surface area contributed by atoms with Crippen molar-refractivity contribution in [3.8, 4) is 0 Å². The van der Waals surface area contributed by atoms with Gasteiger partial charge in [-0.2, -0.15) is 0 Å². The zero-order valence-corrected chi connectivity index (χ0v) is 15.3. The summed E-state index contributed by atoms with van der Waals surface area (Å²) in [5, 5.41) is 28.7. The van der Waals surface area contributed by atoms with Gasteiger partial charge in [-0.3, -0.25) is 30.4 Å². The van der Waals surface area contributed by atoms with Crippen molar-refractivity contribution in [3.63, 3.8) is 0 Å². The van der Waals surface area contributed by atoms with E-state index in [1.165, 1.54) is 12.1 Å². The molecule has 29 heavy (non-hydrogen) atoms. The van der Waals surface area contributed by atoms with Crippen LogP contribution in [0.15, 0.2) is 53.7 Å². The Morgan fingerprint density at radius 3 is 2.55 bits per heavy atom. The fourth-order valence-electron chi connectivity index (χ4n) is 3.31. The molecule has 10 nitrogen and oxygen atoms in total. The minimum Gasteiger partial charge on any atom is -0.298 e. The van der Waals surface area contributed by atoms with Crippen LogP contribution in [0, 0.1) is 20.2 Å². The van der Waals surface area contributed by atoms with Crippen molar-refractivity contribution >= 4 is 28.9 Å². The second kappa shape index (κ2) is 8.91. The van der Waals surface area contributed by atoms with E-state index >= 15 is 0 Å². The molecule has 0 aromatic heterocycles. The summed E-state index contributed by atoms with van der Waals surface area (Å²) in [6.45, 7) is 0. The van der Waals surface area contributed by atoms with Crippen LogP contribution in [0.1, 0.15) is 37.2 Å². The first-order valence-electron chi connectivity index (χ1n) is 8.95. The topological polar surface area (TPSA) is 137 Å². The summed E-state index contributed by atoms with van der Waals surface area (Å²) in [6, 6.07) is 12.4. The van der Waals surface area contributed by atoms with Gasteiger partial charge in [0.25, 0.3) is 11.4 Å². The lowest BCUT2D eigenvalue weighted by molar-refractivity contribution is -0.394. The number of carbonyl (C=O) groups excluding carboxylic acids is 1. The highest BCUT2D eigenvalue weighted by atomic mass is 16.7. The number of oxime groups is 1. The number of nitro groups is 2. The predicted molar refractivity (Wildman–Crippen MR) is 105 cm³/mol. The van der Waals surface area contributed by atoms with E-state index in [9.17, 15) is 25.0 Å². The van der Waals surface area contributed by atoms with Gasteiger partial charge in [0, 0.05) is 17.3 Å². The molecule has 0 spiro atoms. The minimum absolute atomic E-state index is 0.232. The zero-order chi connectivity index (χ0) is 20.8. The van der Waals surface area contributed by atoms with Crippen molar-refractivity contribution < 1.29 is 19.5 Å². The molecule has 3 rings (SSSR count). The molecule has 0 saturated heterocycles. The van der Waals surface area contributed by atoms with Crippen molar-refractivity contribution in [2.24, 2.45) is 5.16 Å². The largest absolute Gasteiger partial charge is 0.437 e. The van der Waals surface area contributed by atoms with Crippen molar-refractivity contribution in [1.29, 1.82) is 0 Å². The van der Waals surface area contributed by atoms with Crippen LogP contribution in [-0.4, -0.2) is 21.7 Å². The van der Waals surface area contributed by atoms with Gasteiger partial charge in [0.05, 0.1) is 21.6 Å². The summed E-state index contributed by atoms with van der Waals surface area (Å²) in [6.07, 6.45) is 1.63. The Morgan fingerprint density at radius 1 is 1.10 bits per heavy atom. The molecule has 150 valence electrons. The monoisotopic (exact) mass is 398 g/mol. The molecule has 1 aliphatic carbocycles. The molecule has 1 aliphatic rings. The number of nitrogens with zero attached hydrogens (tertiary/aromatic N) is 3. The van der Waals surface area contributed by atoms with Crippen molar-refractivity contribution in [3.05, 3.63) is 74.3 Å². The molecular weight excluding hydrogens is 380 g/mol. The summed E-state index contributed by atoms with van der Waals surface area (Å²) in [5.74, 6) is -0.232. The number of anilines is 1. The first kappa shape index (κ1) is 19.9. The molecular formula is C19H18N4O6. The van der Waals surface area contributed by atoms with Crippen molar-refractivity contribution in [1.82, 2.24) is 0 Å². The zero-order valence-electron chi connectivity index (χ0n) is 15.3. The van der Waals surface area contributed by atoms with Crippen molar-refractivity contribution in [2.75, 3.05) is 5.32 Å². The Morgan fingerprint density at radius 2 is 1.86 bits per heavy atom. The van der Waals surface area contributed by atoms with Crippen LogP contribution in [0.3, 0.4) is 0 Å². The molecule has 1 unspecified atom stereocenters. The highest BCUT2D eigenvalue weighted by Crippen LogP contribution is 2.38. The lowest BCUT2D eigenvalue weighted by Gasteiger charge is -2.22. The van der Waals surface area contributed by atoms with E-state index in [2.05, 4.69) is 10.5 Å². The lowest BCUT2D eigenvalue weighted by atomic mass is 9.82. The number of amides is 1. The Hall–Kier alpha value is -3.82. The molecule has 0 bridgehead atoms. The molecule has 1 atom stereocenters. The van der Waals surface area contributed by atoms with Gasteiger partial charge >= 0.3 is 6.09 Å². The van der Waals surface area contributed by atoms with Gasteiger partial charge in [0.2, 0.25) is 0 Å². The number of benzene rings is 2. The number of nitro benzene ring substituents is 2. The third kappa shape index (κ3) is 5.12. The maximum Gasteiger partial charge on any atom is 0.437 e. The number of rotatable bonds is 5. The molecule has 1 saturated carbocycles. The highest BCUT2D eigenvalue weighted by molar-refractivity contribution is 5.88. The summed E-state index contributed by atoms with van der Waals surface area (Å²) < 4.78 is 0. The smallest absolute Gasteiger partial charge is 0.298 e. The predicted octanol–water partition coefficient (Wildman–Crippen LogP) is 4.77. The Kier molecular flexibility index (Phi) is 6.12. The summed E-state index contributed by atoms with van der Waals surface area (Å²) >= 11 is 0. The third-order valence-corrected chi connectivity index (χ3v) is 4.64. The number of hydrogen-bond donors (Lipinski definition) is 1. The molecule has 2 aromatic carbocycles. The van der Waals surface area contributed by atoms with Gasteiger partial charge in [0.1, 0.15) is 0 Å². The molecule has 0 heterocycles. The number of carbonyl (C=O) groups is 1. The maximum atomic E-state index is 11.9. The van der Waals surface area contributed by atoms with Crippen LogP contribution in [0.2, 0.25) is 0 Å². The van der Waals surface area contributed by atoms with E-state index in [0.29, 0.717) is 42.6 Å². The van der Waals surface area contributed by atoms with E-state index in [1.807, 2.05) is 6.07 Å². The average Bonchev–Trinajstić information content (AvgIpc) is 2.72. The van der Waals surface area contributed by atoms with E-state index in [0.717, 1.165) is 6.07 Å². The standard InChI is InChI=1S/C19H18N4O6/c24-19(20-14-6-2-1-3-7-14)29-21-15-8-4-5-13(11-15)17-10-9-16(22(25)26)12-18(17)23(27)28/h1-3,6-7,9-10,12-13H,4-5,8,11H2,(H,20,24)/b21-15+. The fourth-order valence-corrected chi connectivity index (χ4v) is 3.31. The number of nitrogens with one attached hydrogen (secondary N) is 1. The lowest BCUT2D eigenvalue weighted by Crippen LogP contribution is -2.17. The molecule has 1 fully saturated rings. The summed E-state index contributed by atoms with van der Waals surface area (Å²) in [4.78, 5) is 37.8. The van der Waals surface area contributed by atoms with Crippen LogP contribution >= 0.6 is 0 Å². The molecule has 0 aliphatic heterocycles. The van der Waals surface area contributed by atoms with E-state index < -0.39 is 15.9 Å². The highest BCUT2D eigenvalue weighted by Gasteiger charge is 2.28. The number of hydrogen-bond acceptors (Lipinski definition) is 7. The van der Waals surface area contributed by atoms with Gasteiger partial charge in [-0.15, -0.1) is 0 Å². The van der Waals surface area contributed by atoms with Gasteiger partial charge in [-0.05, 0) is 49.8 Å². The molecule has 10 heteroatoms. The number of non-ortho nitro benzene ring substituents is 1. The fraction of sp³-hybridized carbons (Fsp3) is 0.263. The van der Waals surface area contributed by atoms with Gasteiger partial charge < -0.3 is 0 Å². The van der Waals surface area contributed by atoms with E-state index in [1.54, 1.807) is 24.3 Å². The second-order valence-electron chi connectivity index (χ2n) is 6.58. The Bertz CT molecular complexity index is 960. The van der Waals surface area contributed by atoms with Gasteiger partial charge in [0.15, 0.2) is 0 Å². The van der Waals surface area contributed by atoms with Crippen LogP contribution < -0.4 is 5.32 Å². The SMILES string of the molecule is O=C(Nc1ccccc1)O/N=C1\CCCC(c2ccc([N+](=O)[O-])cc2[N+](=O)[O-])C1. The first-order chi connectivity index (χ1) is 13.9. The summed E-state index contributed by atoms with van der Waals surface area (Å²) in [7, 11) is 0. The molecule has 2 aromatic rings. The van der Waals surface area contributed by atoms with Gasteiger partial charge in [-0.1, -0.05) is 23.4 Å². The molecule has 1 N–H and O–H groups in total. The van der Waals surface area contributed by atoms with Gasteiger partial charge in [-0.25, -0.2) is 4.79 Å². The molecule has 1 amide bonds. The first-order valence-corrected chi connectivity index (χ1v) is 8.95. The maximum absolute atomic E-state index is 11.9. The Balaban J connectivity index is 1.70. The normalized spacial score (nSPS) is 17.5. The van der Waals surface area contributed by atoms with Crippen LogP contribution in [0.4, 0.5) is 21.9 Å². The van der Waals surface area contributed by atoms with Crippen molar-refractivity contribution in [2.45, 2.75) is 31.6 Å². The number of para-hydroxylation sites is 1. The van der Waals surface area contributed by atoms with E-state index in [4.69, 9.17) is 4.84 Å². The average molecular weight is 398 g/mol. The minimum atomic E-state index is -0.730. The second-order valence-corrected chi connectivity index (χ2v) is 6.58. The molecule has 0 radical (unpaired) electrons. The van der Waals surface area contributed by atoms with E-state index in [-0.39, 0.29) is 17.3 Å². The quantitative estimate of drug-likeness (QED) is 0.438.